The van der Waals surface area contributed by atoms with Gasteiger partial charge in [0.05, 0.1) is 5.03 Å². The zero-order valence-corrected chi connectivity index (χ0v) is 4.78. The molecule has 0 radical (unpaired) electrons. The van der Waals surface area contributed by atoms with Gasteiger partial charge in [-0.25, -0.2) is 0 Å². The number of allylic oxidation sites excluding steroid dienone is 2. The number of hydrogen-bond acceptors (Lipinski definition) is 2. The molecule has 1 rings (SSSR count). The van der Waals surface area contributed by atoms with Crippen LogP contribution in [0.1, 0.15) is 0 Å². The van der Waals surface area contributed by atoms with E-state index in [-0.39, 0.29) is 0 Å². The maximum Gasteiger partial charge on any atom is 0.0652 e. The third-order valence-corrected chi connectivity index (χ3v) is 1.10. The fourth-order valence-corrected chi connectivity index (χ4v) is 0.627. The van der Waals surface area contributed by atoms with Crippen LogP contribution in [-0.2, 0) is 0 Å². The Morgan fingerprint density at radius 1 is 1.71 bits per heavy atom. The quantitative estimate of drug-likeness (QED) is 0.445. The highest BCUT2D eigenvalue weighted by Gasteiger charge is 1.86. The van der Waals surface area contributed by atoms with Crippen LogP contribution >= 0.6 is 12.6 Å². The molecule has 0 atom stereocenters. The van der Waals surface area contributed by atoms with Crippen molar-refractivity contribution in [2.45, 2.75) is 0 Å². The van der Waals surface area contributed by atoms with E-state index in [1.54, 1.807) is 0 Å². The second-order valence-corrected chi connectivity index (χ2v) is 1.84. The first-order valence-corrected chi connectivity index (χ1v) is 2.64. The van der Waals surface area contributed by atoms with E-state index in [4.69, 9.17) is 0 Å². The van der Waals surface area contributed by atoms with E-state index in [2.05, 4.69) is 17.9 Å². The molecule has 7 heavy (non-hydrogen) atoms. The average Bonchev–Trinajstić information content (AvgIpc) is 1.69. The van der Waals surface area contributed by atoms with E-state index in [9.17, 15) is 0 Å². The molecular weight excluding hydrogens is 106 g/mol. The highest BCUT2D eigenvalue weighted by molar-refractivity contribution is 7.84. The molecule has 0 saturated heterocycles. The SMILES string of the molecule is SC1=CC=CCN1. The van der Waals surface area contributed by atoms with Crippen LogP contribution < -0.4 is 5.32 Å². The fraction of sp³-hybridized carbons (Fsp3) is 0.200. The maximum absolute atomic E-state index is 4.06. The molecule has 0 bridgehead atoms. The molecule has 1 aliphatic heterocycles. The summed E-state index contributed by atoms with van der Waals surface area (Å²) in [6.45, 7) is 0.912. The van der Waals surface area contributed by atoms with Crippen molar-refractivity contribution in [3.8, 4) is 0 Å². The van der Waals surface area contributed by atoms with Crippen molar-refractivity contribution < 1.29 is 0 Å². The number of nitrogens with one attached hydrogen (secondary N) is 1. The van der Waals surface area contributed by atoms with Crippen molar-refractivity contribution in [3.05, 3.63) is 23.3 Å². The molecule has 1 aliphatic rings. The van der Waals surface area contributed by atoms with Crippen LogP contribution in [0.5, 0.6) is 0 Å². The van der Waals surface area contributed by atoms with Gasteiger partial charge in [0.25, 0.3) is 0 Å². The Balaban J connectivity index is 2.57. The molecule has 2 heteroatoms. The second kappa shape index (κ2) is 2.07. The van der Waals surface area contributed by atoms with Gasteiger partial charge < -0.3 is 5.32 Å². The van der Waals surface area contributed by atoms with Gasteiger partial charge in [0, 0.05) is 6.54 Å². The lowest BCUT2D eigenvalue weighted by Crippen LogP contribution is -2.10. The highest BCUT2D eigenvalue weighted by atomic mass is 32.1. The summed E-state index contributed by atoms with van der Waals surface area (Å²) in [6, 6.07) is 0. The molecule has 0 aromatic rings. The van der Waals surface area contributed by atoms with Crippen LogP contribution in [-0.4, -0.2) is 6.54 Å². The van der Waals surface area contributed by atoms with E-state index < -0.39 is 0 Å². The molecular formula is C5H7NS. The molecule has 38 valence electrons. The Kier molecular flexibility index (Phi) is 1.42. The maximum atomic E-state index is 4.06. The van der Waals surface area contributed by atoms with Gasteiger partial charge in [-0.05, 0) is 6.08 Å². The number of thiol groups is 1. The van der Waals surface area contributed by atoms with Crippen LogP contribution in [0.15, 0.2) is 23.3 Å². The van der Waals surface area contributed by atoms with Gasteiger partial charge in [-0.1, -0.05) is 12.2 Å². The fourth-order valence-electron chi connectivity index (χ4n) is 0.450. The Hall–Kier alpha value is -0.370. The van der Waals surface area contributed by atoms with E-state index in [0.717, 1.165) is 11.6 Å². The van der Waals surface area contributed by atoms with Gasteiger partial charge in [0.15, 0.2) is 0 Å². The molecule has 0 spiro atoms. The lowest BCUT2D eigenvalue weighted by atomic mass is 10.4. The molecule has 0 saturated carbocycles. The molecule has 0 aromatic carbocycles. The van der Waals surface area contributed by atoms with E-state index in [0.29, 0.717) is 0 Å². The van der Waals surface area contributed by atoms with Crippen LogP contribution in [0.3, 0.4) is 0 Å². The molecule has 0 fully saturated rings. The predicted molar refractivity (Wildman–Crippen MR) is 34.2 cm³/mol. The predicted octanol–water partition coefficient (Wildman–Crippen LogP) is 0.917. The zero-order chi connectivity index (χ0) is 5.11. The molecule has 0 amide bonds. The number of hydrogen-bond donors (Lipinski definition) is 2. The minimum Gasteiger partial charge on any atom is -0.377 e. The normalized spacial score (nSPS) is 18.1. The second-order valence-electron chi connectivity index (χ2n) is 1.36. The summed E-state index contributed by atoms with van der Waals surface area (Å²) >= 11 is 4.06. The monoisotopic (exact) mass is 113 g/mol. The Labute approximate surface area is 48.5 Å². The van der Waals surface area contributed by atoms with Gasteiger partial charge in [-0.3, -0.25) is 0 Å². The summed E-state index contributed by atoms with van der Waals surface area (Å²) in [5.41, 5.74) is 0. The topological polar surface area (TPSA) is 12.0 Å². The van der Waals surface area contributed by atoms with Crippen molar-refractivity contribution in [1.29, 1.82) is 0 Å². The molecule has 1 heterocycles. The Bertz CT molecular complexity index is 115. The van der Waals surface area contributed by atoms with Crippen molar-refractivity contribution in [2.24, 2.45) is 0 Å². The van der Waals surface area contributed by atoms with E-state index in [1.165, 1.54) is 0 Å². The first-order chi connectivity index (χ1) is 3.39. The Morgan fingerprint density at radius 3 is 2.86 bits per heavy atom. The van der Waals surface area contributed by atoms with Crippen LogP contribution in [0.2, 0.25) is 0 Å². The van der Waals surface area contributed by atoms with Crippen LogP contribution in [0, 0.1) is 0 Å². The van der Waals surface area contributed by atoms with Crippen molar-refractivity contribution in [2.75, 3.05) is 6.54 Å². The summed E-state index contributed by atoms with van der Waals surface area (Å²) in [5, 5.41) is 3.97. The third kappa shape index (κ3) is 1.27. The molecule has 0 aliphatic carbocycles. The Morgan fingerprint density at radius 2 is 2.57 bits per heavy atom. The van der Waals surface area contributed by atoms with Crippen LogP contribution in [0.4, 0.5) is 0 Å². The molecule has 1 nitrogen and oxygen atoms in total. The zero-order valence-electron chi connectivity index (χ0n) is 3.89. The summed E-state index contributed by atoms with van der Waals surface area (Å²) < 4.78 is 0. The minimum atomic E-state index is 0.912. The smallest absolute Gasteiger partial charge is 0.0652 e. The minimum absolute atomic E-state index is 0.912. The lowest BCUT2D eigenvalue weighted by molar-refractivity contribution is 0.956. The largest absolute Gasteiger partial charge is 0.377 e. The van der Waals surface area contributed by atoms with Gasteiger partial charge in [0.2, 0.25) is 0 Å². The third-order valence-electron chi connectivity index (χ3n) is 0.791. The summed E-state index contributed by atoms with van der Waals surface area (Å²) in [7, 11) is 0. The van der Waals surface area contributed by atoms with Gasteiger partial charge in [-0.2, -0.15) is 0 Å². The lowest BCUT2D eigenvalue weighted by Gasteiger charge is -2.03. The molecule has 1 N–H and O–H groups in total. The summed E-state index contributed by atoms with van der Waals surface area (Å²) in [5.74, 6) is 0. The number of rotatable bonds is 0. The first-order valence-electron chi connectivity index (χ1n) is 2.19. The molecule has 0 aromatic heterocycles. The van der Waals surface area contributed by atoms with Crippen molar-refractivity contribution >= 4 is 12.6 Å². The van der Waals surface area contributed by atoms with E-state index in [1.807, 2.05) is 18.2 Å². The highest BCUT2D eigenvalue weighted by Crippen LogP contribution is 1.97. The van der Waals surface area contributed by atoms with Crippen molar-refractivity contribution in [3.63, 3.8) is 0 Å². The summed E-state index contributed by atoms with van der Waals surface area (Å²) in [6.07, 6.45) is 5.95. The first kappa shape index (κ1) is 4.78. The van der Waals surface area contributed by atoms with E-state index >= 15 is 0 Å². The van der Waals surface area contributed by atoms with Crippen molar-refractivity contribution in [1.82, 2.24) is 5.32 Å². The van der Waals surface area contributed by atoms with Gasteiger partial charge >= 0.3 is 0 Å². The average molecular weight is 113 g/mol. The van der Waals surface area contributed by atoms with Gasteiger partial charge in [0.1, 0.15) is 0 Å². The molecule has 0 unspecified atom stereocenters. The standard InChI is InChI=1S/C5H7NS/c7-5-3-1-2-4-6-5/h1-3,6-7H,4H2. The van der Waals surface area contributed by atoms with Crippen LogP contribution in [0.25, 0.3) is 0 Å². The summed E-state index contributed by atoms with van der Waals surface area (Å²) in [4.78, 5) is 0. The van der Waals surface area contributed by atoms with Gasteiger partial charge in [-0.15, -0.1) is 12.6 Å². The number of dihydropyridines is 1.